The number of hydrogen-bond donors (Lipinski definition) is 1. The number of nitrogens with one attached hydrogen (secondary N) is 1. The van der Waals surface area contributed by atoms with Crippen molar-refractivity contribution in [1.29, 1.82) is 10.5 Å². The summed E-state index contributed by atoms with van der Waals surface area (Å²) in [5.74, 6) is 0. The molecule has 0 atom stereocenters. The van der Waals surface area contributed by atoms with Crippen LogP contribution >= 0.6 is 0 Å². The van der Waals surface area contributed by atoms with Crippen molar-refractivity contribution in [2.75, 3.05) is 13.1 Å². The minimum absolute atomic E-state index is 0.0356. The predicted molar refractivity (Wildman–Crippen MR) is 53.6 cm³/mol. The van der Waals surface area contributed by atoms with Gasteiger partial charge in [-0.3, -0.25) is 4.90 Å². The summed E-state index contributed by atoms with van der Waals surface area (Å²) in [5, 5.41) is 19.8. The van der Waals surface area contributed by atoms with Gasteiger partial charge in [0.2, 0.25) is 0 Å². The fourth-order valence-corrected chi connectivity index (χ4v) is 1.71. The quantitative estimate of drug-likeness (QED) is 0.699. The molecule has 0 aromatic heterocycles. The molecule has 5 nitrogen and oxygen atoms in total. The van der Waals surface area contributed by atoms with Gasteiger partial charge in [-0.15, -0.1) is 0 Å². The molecule has 0 radical (unpaired) electrons. The Morgan fingerprint density at radius 2 is 1.80 bits per heavy atom. The second kappa shape index (κ2) is 5.87. The molecule has 1 saturated carbocycles. The van der Waals surface area contributed by atoms with Crippen molar-refractivity contribution in [3.05, 3.63) is 0 Å². The van der Waals surface area contributed by atoms with E-state index in [0.717, 1.165) is 25.7 Å². The van der Waals surface area contributed by atoms with E-state index in [2.05, 4.69) is 5.32 Å². The van der Waals surface area contributed by atoms with Gasteiger partial charge in [-0.25, -0.2) is 4.79 Å². The molecular formula is C10H14N4O. The van der Waals surface area contributed by atoms with Crippen LogP contribution in [-0.2, 0) is 0 Å². The van der Waals surface area contributed by atoms with Gasteiger partial charge in [0.15, 0.2) is 0 Å². The summed E-state index contributed by atoms with van der Waals surface area (Å²) in [6.45, 7) is -0.0712. The highest BCUT2D eigenvalue weighted by Crippen LogP contribution is 2.17. The van der Waals surface area contributed by atoms with Gasteiger partial charge in [-0.05, 0) is 12.8 Å². The molecule has 0 aromatic carbocycles. The molecule has 0 bridgehead atoms. The predicted octanol–water partition coefficient (Wildman–Crippen LogP) is 0.988. The largest absolute Gasteiger partial charge is 0.335 e. The van der Waals surface area contributed by atoms with Crippen LogP contribution in [0.25, 0.3) is 0 Å². The molecule has 0 spiro atoms. The number of rotatable bonds is 3. The van der Waals surface area contributed by atoms with Gasteiger partial charge in [0.05, 0.1) is 12.1 Å². The highest BCUT2D eigenvalue weighted by atomic mass is 16.2. The average Bonchev–Trinajstić information content (AvgIpc) is 2.70. The van der Waals surface area contributed by atoms with Crippen LogP contribution in [0.3, 0.4) is 0 Å². The SMILES string of the molecule is N#CCN(CC#N)C(=O)NC1CCCC1. The van der Waals surface area contributed by atoms with E-state index in [-0.39, 0.29) is 25.2 Å². The first-order valence-corrected chi connectivity index (χ1v) is 5.07. The van der Waals surface area contributed by atoms with Crippen molar-refractivity contribution in [3.63, 3.8) is 0 Å². The molecule has 0 saturated heterocycles. The van der Waals surface area contributed by atoms with Crippen molar-refractivity contribution in [3.8, 4) is 12.1 Å². The maximum atomic E-state index is 11.6. The Hall–Kier alpha value is -1.75. The Labute approximate surface area is 89.3 Å². The van der Waals surface area contributed by atoms with E-state index in [1.54, 1.807) is 0 Å². The van der Waals surface area contributed by atoms with Gasteiger partial charge >= 0.3 is 6.03 Å². The number of hydrogen-bond acceptors (Lipinski definition) is 3. The number of carbonyl (C=O) groups excluding carboxylic acids is 1. The third-order valence-electron chi connectivity index (χ3n) is 2.49. The lowest BCUT2D eigenvalue weighted by molar-refractivity contribution is 0.205. The third kappa shape index (κ3) is 3.47. The zero-order valence-electron chi connectivity index (χ0n) is 8.57. The van der Waals surface area contributed by atoms with Crippen molar-refractivity contribution in [2.45, 2.75) is 31.7 Å². The molecule has 15 heavy (non-hydrogen) atoms. The minimum atomic E-state index is -0.301. The first-order valence-electron chi connectivity index (χ1n) is 5.07. The smallest absolute Gasteiger partial charge is 0.319 e. The van der Waals surface area contributed by atoms with Crippen LogP contribution in [0.2, 0.25) is 0 Å². The first kappa shape index (κ1) is 11.3. The molecule has 80 valence electrons. The van der Waals surface area contributed by atoms with Gasteiger partial charge < -0.3 is 5.32 Å². The molecule has 1 aliphatic rings. The van der Waals surface area contributed by atoms with Crippen molar-refractivity contribution >= 4 is 6.03 Å². The van der Waals surface area contributed by atoms with Crippen LogP contribution in [0.15, 0.2) is 0 Å². The highest BCUT2D eigenvalue weighted by molar-refractivity contribution is 5.75. The maximum absolute atomic E-state index is 11.6. The van der Waals surface area contributed by atoms with Crippen LogP contribution in [0.1, 0.15) is 25.7 Å². The maximum Gasteiger partial charge on any atom is 0.319 e. The Balaban J connectivity index is 2.41. The number of nitrogens with zero attached hydrogens (tertiary/aromatic N) is 3. The fourth-order valence-electron chi connectivity index (χ4n) is 1.71. The second-order valence-electron chi connectivity index (χ2n) is 3.60. The topological polar surface area (TPSA) is 79.9 Å². The summed E-state index contributed by atoms with van der Waals surface area (Å²) in [6.07, 6.45) is 4.28. The highest BCUT2D eigenvalue weighted by Gasteiger charge is 2.20. The van der Waals surface area contributed by atoms with Crippen LogP contribution < -0.4 is 5.32 Å². The first-order chi connectivity index (χ1) is 7.27. The molecule has 1 rings (SSSR count). The Bertz CT molecular complexity index is 280. The van der Waals surface area contributed by atoms with E-state index in [9.17, 15) is 4.79 Å². The number of nitriles is 2. The van der Waals surface area contributed by atoms with Crippen molar-refractivity contribution in [2.24, 2.45) is 0 Å². The summed E-state index contributed by atoms with van der Waals surface area (Å²) in [7, 11) is 0. The van der Waals surface area contributed by atoms with E-state index in [1.165, 1.54) is 4.90 Å². The lowest BCUT2D eigenvalue weighted by Crippen LogP contribution is -2.44. The number of amides is 2. The lowest BCUT2D eigenvalue weighted by atomic mass is 10.2. The average molecular weight is 206 g/mol. The minimum Gasteiger partial charge on any atom is -0.335 e. The van der Waals surface area contributed by atoms with Gasteiger partial charge in [-0.2, -0.15) is 10.5 Å². The second-order valence-corrected chi connectivity index (χ2v) is 3.60. The molecule has 0 heterocycles. The van der Waals surface area contributed by atoms with Crippen LogP contribution in [0.4, 0.5) is 4.79 Å². The fraction of sp³-hybridized carbons (Fsp3) is 0.700. The molecular weight excluding hydrogens is 192 g/mol. The Morgan fingerprint density at radius 3 is 2.27 bits per heavy atom. The van der Waals surface area contributed by atoms with Crippen LogP contribution in [-0.4, -0.2) is 30.1 Å². The summed E-state index contributed by atoms with van der Waals surface area (Å²) in [5.41, 5.74) is 0. The third-order valence-corrected chi connectivity index (χ3v) is 2.49. The molecule has 1 N–H and O–H groups in total. The van der Waals surface area contributed by atoms with Crippen molar-refractivity contribution < 1.29 is 4.79 Å². The van der Waals surface area contributed by atoms with Crippen LogP contribution in [0.5, 0.6) is 0 Å². The Morgan fingerprint density at radius 1 is 1.27 bits per heavy atom. The van der Waals surface area contributed by atoms with Crippen LogP contribution in [0, 0.1) is 22.7 Å². The van der Waals surface area contributed by atoms with E-state index < -0.39 is 0 Å². The zero-order chi connectivity index (χ0) is 11.1. The van der Waals surface area contributed by atoms with E-state index >= 15 is 0 Å². The number of carbonyl (C=O) groups is 1. The molecule has 0 aliphatic heterocycles. The van der Waals surface area contributed by atoms with Gasteiger partial charge in [0, 0.05) is 6.04 Å². The molecule has 0 aromatic rings. The normalized spacial score (nSPS) is 15.3. The summed E-state index contributed by atoms with van der Waals surface area (Å²) >= 11 is 0. The van der Waals surface area contributed by atoms with Crippen molar-refractivity contribution in [1.82, 2.24) is 10.2 Å². The molecule has 5 heteroatoms. The Kier molecular flexibility index (Phi) is 4.43. The summed E-state index contributed by atoms with van der Waals surface area (Å²) in [4.78, 5) is 12.8. The molecule has 0 unspecified atom stereocenters. The lowest BCUT2D eigenvalue weighted by Gasteiger charge is -2.19. The zero-order valence-corrected chi connectivity index (χ0v) is 8.57. The van der Waals surface area contributed by atoms with E-state index in [0.29, 0.717) is 0 Å². The van der Waals surface area contributed by atoms with Gasteiger partial charge in [0.25, 0.3) is 0 Å². The van der Waals surface area contributed by atoms with Gasteiger partial charge in [0.1, 0.15) is 13.1 Å². The monoisotopic (exact) mass is 206 g/mol. The molecule has 2 amide bonds. The standard InChI is InChI=1S/C10H14N4O/c11-5-7-14(8-6-12)10(15)13-9-3-1-2-4-9/h9H,1-4,7-8H2,(H,13,15). The number of urea groups is 1. The molecule has 1 fully saturated rings. The van der Waals surface area contributed by atoms with Gasteiger partial charge in [-0.1, -0.05) is 12.8 Å². The summed E-state index contributed by atoms with van der Waals surface area (Å²) < 4.78 is 0. The van der Waals surface area contributed by atoms with E-state index in [1.807, 2.05) is 12.1 Å². The van der Waals surface area contributed by atoms with E-state index in [4.69, 9.17) is 10.5 Å². The summed E-state index contributed by atoms with van der Waals surface area (Å²) in [6, 6.07) is 3.66. The molecule has 1 aliphatic carbocycles.